The van der Waals surface area contributed by atoms with Gasteiger partial charge in [0, 0.05) is 18.0 Å². The summed E-state index contributed by atoms with van der Waals surface area (Å²) in [5, 5.41) is 0. The third kappa shape index (κ3) is 1.99. The van der Waals surface area contributed by atoms with Crippen molar-refractivity contribution in [1.29, 1.82) is 0 Å². The summed E-state index contributed by atoms with van der Waals surface area (Å²) in [5.74, 6) is 1.98. The lowest BCUT2D eigenvalue weighted by Crippen LogP contribution is -2.46. The monoisotopic (exact) mass is 222 g/mol. The minimum Gasteiger partial charge on any atom is -0.338 e. The van der Waals surface area contributed by atoms with Gasteiger partial charge < -0.3 is 4.90 Å². The average molecular weight is 222 g/mol. The molecule has 1 amide bonds. The number of nitrogens with zero attached hydrogens (tertiary/aromatic N) is 1. The molecule has 2 aliphatic carbocycles. The maximum atomic E-state index is 12.5. The molecule has 2 saturated carbocycles. The second-order valence-corrected chi connectivity index (χ2v) is 5.98. The topological polar surface area (TPSA) is 20.3 Å². The van der Waals surface area contributed by atoms with Crippen LogP contribution in [-0.2, 0) is 4.79 Å². The fraction of sp³-hybridized carbons (Fsp3) is 0.857. The standard InChI is InChI=1S/C14H24NO/c1-9(2)15(10(3)4)14(16)13-8-11-5-6-12(13)7-11/h8-13H,5-7H2,1-4H3. The molecule has 3 atom stereocenters. The van der Waals surface area contributed by atoms with Crippen LogP contribution in [0.4, 0.5) is 0 Å². The smallest absolute Gasteiger partial charge is 0.226 e. The van der Waals surface area contributed by atoms with E-state index in [1.54, 1.807) is 0 Å². The van der Waals surface area contributed by atoms with E-state index in [9.17, 15) is 4.79 Å². The molecule has 0 aromatic heterocycles. The Morgan fingerprint density at radius 2 is 1.81 bits per heavy atom. The first-order valence-electron chi connectivity index (χ1n) is 6.68. The van der Waals surface area contributed by atoms with Crippen LogP contribution in [0.15, 0.2) is 0 Å². The van der Waals surface area contributed by atoms with E-state index in [-0.39, 0.29) is 5.92 Å². The van der Waals surface area contributed by atoms with Crippen molar-refractivity contribution >= 4 is 5.91 Å². The van der Waals surface area contributed by atoms with Gasteiger partial charge in [-0.3, -0.25) is 4.79 Å². The molecule has 0 N–H and O–H groups in total. The molecule has 0 heterocycles. The Bertz CT molecular complexity index is 264. The Morgan fingerprint density at radius 3 is 2.19 bits per heavy atom. The lowest BCUT2D eigenvalue weighted by molar-refractivity contribution is -0.139. The predicted octanol–water partition coefficient (Wildman–Crippen LogP) is 2.88. The summed E-state index contributed by atoms with van der Waals surface area (Å²) in [6, 6.07) is 0.639. The zero-order chi connectivity index (χ0) is 11.9. The molecule has 0 aromatic carbocycles. The van der Waals surface area contributed by atoms with Gasteiger partial charge in [-0.25, -0.2) is 0 Å². The molecule has 16 heavy (non-hydrogen) atoms. The zero-order valence-corrected chi connectivity index (χ0v) is 10.9. The van der Waals surface area contributed by atoms with Gasteiger partial charge in [-0.1, -0.05) is 0 Å². The number of amides is 1. The summed E-state index contributed by atoms with van der Waals surface area (Å²) in [4.78, 5) is 14.6. The van der Waals surface area contributed by atoms with Crippen molar-refractivity contribution in [2.45, 2.75) is 59.0 Å². The number of carbonyl (C=O) groups excluding carboxylic acids is 1. The van der Waals surface area contributed by atoms with E-state index in [1.807, 2.05) is 0 Å². The van der Waals surface area contributed by atoms with Crippen LogP contribution in [0.5, 0.6) is 0 Å². The minimum atomic E-state index is 0.226. The molecule has 2 fully saturated rings. The van der Waals surface area contributed by atoms with Crippen molar-refractivity contribution in [3.8, 4) is 0 Å². The Balaban J connectivity index is 2.06. The highest BCUT2D eigenvalue weighted by Gasteiger charge is 2.45. The summed E-state index contributed by atoms with van der Waals surface area (Å²) in [7, 11) is 0. The maximum Gasteiger partial charge on any atom is 0.226 e. The van der Waals surface area contributed by atoms with E-state index in [0.717, 1.165) is 5.92 Å². The highest BCUT2D eigenvalue weighted by atomic mass is 16.2. The number of fused-ring (bicyclic) bond motifs is 2. The van der Waals surface area contributed by atoms with Crippen molar-refractivity contribution in [1.82, 2.24) is 4.90 Å². The van der Waals surface area contributed by atoms with Crippen LogP contribution in [0.1, 0.15) is 47.0 Å². The molecule has 3 unspecified atom stereocenters. The molecule has 0 aliphatic heterocycles. The van der Waals surface area contributed by atoms with Gasteiger partial charge in [0.2, 0.25) is 5.91 Å². The van der Waals surface area contributed by atoms with Crippen LogP contribution in [0, 0.1) is 24.2 Å². The van der Waals surface area contributed by atoms with Crippen LogP contribution < -0.4 is 0 Å². The second-order valence-electron chi connectivity index (χ2n) is 5.98. The first-order valence-corrected chi connectivity index (χ1v) is 6.68. The van der Waals surface area contributed by atoms with Crippen LogP contribution in [0.3, 0.4) is 0 Å². The fourth-order valence-corrected chi connectivity index (χ4v) is 3.57. The predicted molar refractivity (Wildman–Crippen MR) is 65.7 cm³/mol. The number of hydrogen-bond acceptors (Lipinski definition) is 1. The lowest BCUT2D eigenvalue weighted by atomic mass is 9.87. The van der Waals surface area contributed by atoms with E-state index in [0.29, 0.717) is 23.9 Å². The third-order valence-corrected chi connectivity index (χ3v) is 4.15. The van der Waals surface area contributed by atoms with Gasteiger partial charge >= 0.3 is 0 Å². The number of hydrogen-bond donors (Lipinski definition) is 0. The van der Waals surface area contributed by atoms with Gasteiger partial charge in [0.05, 0.1) is 0 Å². The molecule has 91 valence electrons. The third-order valence-electron chi connectivity index (χ3n) is 4.15. The van der Waals surface area contributed by atoms with Gasteiger partial charge in [0.25, 0.3) is 0 Å². The van der Waals surface area contributed by atoms with Crippen LogP contribution >= 0.6 is 0 Å². The largest absolute Gasteiger partial charge is 0.338 e. The molecule has 0 aromatic rings. The molecule has 2 rings (SSSR count). The first kappa shape index (κ1) is 11.9. The first-order chi connectivity index (χ1) is 7.50. The molecular formula is C14H24NO. The van der Waals surface area contributed by atoms with Crippen LogP contribution in [0.2, 0.25) is 0 Å². The van der Waals surface area contributed by atoms with E-state index in [1.165, 1.54) is 19.3 Å². The van der Waals surface area contributed by atoms with Crippen molar-refractivity contribution in [2.24, 2.45) is 17.8 Å². The maximum absolute atomic E-state index is 12.5. The molecule has 1 radical (unpaired) electrons. The van der Waals surface area contributed by atoms with Crippen molar-refractivity contribution < 1.29 is 4.79 Å². The van der Waals surface area contributed by atoms with Gasteiger partial charge in [0.1, 0.15) is 0 Å². The Hall–Kier alpha value is -0.530. The molecule has 2 heteroatoms. The van der Waals surface area contributed by atoms with Crippen molar-refractivity contribution in [3.63, 3.8) is 0 Å². The van der Waals surface area contributed by atoms with Crippen LogP contribution in [0.25, 0.3) is 0 Å². The molecule has 2 aliphatic rings. The van der Waals surface area contributed by atoms with Gasteiger partial charge in [0.15, 0.2) is 0 Å². The highest BCUT2D eigenvalue weighted by Crippen LogP contribution is 2.48. The van der Waals surface area contributed by atoms with E-state index in [2.05, 4.69) is 39.0 Å². The molecule has 2 bridgehead atoms. The summed E-state index contributed by atoms with van der Waals surface area (Å²) in [6.45, 7) is 8.46. The number of carbonyl (C=O) groups is 1. The normalized spacial score (nSPS) is 32.8. The molecule has 0 saturated heterocycles. The summed E-state index contributed by atoms with van der Waals surface area (Å²) in [6.07, 6.45) is 6.17. The minimum absolute atomic E-state index is 0.226. The summed E-state index contributed by atoms with van der Waals surface area (Å²) < 4.78 is 0. The summed E-state index contributed by atoms with van der Waals surface area (Å²) >= 11 is 0. The average Bonchev–Trinajstić information content (AvgIpc) is 2.76. The van der Waals surface area contributed by atoms with Crippen LogP contribution in [-0.4, -0.2) is 22.9 Å². The molecule has 2 nitrogen and oxygen atoms in total. The fourth-order valence-electron chi connectivity index (χ4n) is 3.57. The Labute approximate surface area is 99.4 Å². The molecule has 0 spiro atoms. The van der Waals surface area contributed by atoms with Gasteiger partial charge in [-0.2, -0.15) is 0 Å². The van der Waals surface area contributed by atoms with E-state index >= 15 is 0 Å². The zero-order valence-electron chi connectivity index (χ0n) is 10.9. The number of rotatable bonds is 3. The molecular weight excluding hydrogens is 198 g/mol. The second kappa shape index (κ2) is 4.38. The summed E-state index contributed by atoms with van der Waals surface area (Å²) in [5.41, 5.74) is 0. The highest BCUT2D eigenvalue weighted by molar-refractivity contribution is 5.81. The van der Waals surface area contributed by atoms with Gasteiger partial charge in [-0.15, -0.1) is 0 Å². The Kier molecular flexibility index (Phi) is 3.27. The van der Waals surface area contributed by atoms with Crippen molar-refractivity contribution in [3.05, 3.63) is 6.42 Å². The van der Waals surface area contributed by atoms with Gasteiger partial charge in [-0.05, 0) is 65.2 Å². The lowest BCUT2D eigenvalue weighted by Gasteiger charge is -2.35. The Morgan fingerprint density at radius 1 is 1.19 bits per heavy atom. The van der Waals surface area contributed by atoms with E-state index in [4.69, 9.17) is 0 Å². The van der Waals surface area contributed by atoms with Crippen molar-refractivity contribution in [2.75, 3.05) is 0 Å². The van der Waals surface area contributed by atoms with E-state index < -0.39 is 0 Å². The SMILES string of the molecule is CC(C)N(C(=O)C1[CH]C2CCC1C2)C(C)C. The quantitative estimate of drug-likeness (QED) is 0.719.